The number of benzene rings is 1. The van der Waals surface area contributed by atoms with Gasteiger partial charge < -0.3 is 10.4 Å². The van der Waals surface area contributed by atoms with Crippen LogP contribution in [0.15, 0.2) is 29.5 Å². The van der Waals surface area contributed by atoms with Gasteiger partial charge in [0.2, 0.25) is 0 Å². The minimum atomic E-state index is -1.23. The van der Waals surface area contributed by atoms with Gasteiger partial charge in [-0.05, 0) is 18.2 Å². The van der Waals surface area contributed by atoms with Gasteiger partial charge in [0.05, 0.1) is 10.6 Å². The lowest BCUT2D eigenvalue weighted by Crippen LogP contribution is -2.03. The van der Waals surface area contributed by atoms with Gasteiger partial charge in [-0.25, -0.2) is 4.79 Å². The highest BCUT2D eigenvalue weighted by Gasteiger charge is 2.11. The summed E-state index contributed by atoms with van der Waals surface area (Å²) in [5.41, 5.74) is -0.571. The van der Waals surface area contributed by atoms with E-state index in [0.717, 1.165) is 0 Å². The van der Waals surface area contributed by atoms with E-state index in [1.807, 2.05) is 0 Å². The van der Waals surface area contributed by atoms with Gasteiger partial charge in [0, 0.05) is 5.69 Å². The third kappa shape index (κ3) is 3.23. The second-order valence-corrected chi connectivity index (χ2v) is 3.62. The van der Waals surface area contributed by atoms with Crippen LogP contribution in [0.25, 0.3) is 0 Å². The number of allylic oxidation sites excluding steroid dienone is 2. The molecule has 19 heavy (non-hydrogen) atoms. The first-order valence-corrected chi connectivity index (χ1v) is 5.15. The molecule has 1 aromatic carbocycles. The first-order chi connectivity index (χ1) is 9.03. The number of rotatable bonds is 3. The fraction of sp³-hybridized carbons (Fsp3) is 0. The van der Waals surface area contributed by atoms with Crippen molar-refractivity contribution >= 4 is 23.3 Å². The van der Waals surface area contributed by atoms with E-state index in [-0.39, 0.29) is 22.0 Å². The Hall–Kier alpha value is -3.01. The fourth-order valence-corrected chi connectivity index (χ4v) is 1.39. The third-order valence-electron chi connectivity index (χ3n) is 2.05. The van der Waals surface area contributed by atoms with Crippen LogP contribution in [0.4, 0.5) is 5.69 Å². The fourth-order valence-electron chi connectivity index (χ4n) is 1.19. The lowest BCUT2D eigenvalue weighted by atomic mass is 10.2. The second kappa shape index (κ2) is 6.07. The molecule has 0 atom stereocenters. The van der Waals surface area contributed by atoms with E-state index in [1.54, 1.807) is 18.2 Å². The first-order valence-electron chi connectivity index (χ1n) is 4.78. The lowest BCUT2D eigenvalue weighted by Gasteiger charge is -2.06. The van der Waals surface area contributed by atoms with Gasteiger partial charge in [0.15, 0.2) is 5.57 Å². The smallest absolute Gasteiger partial charge is 0.337 e. The quantitative estimate of drug-likeness (QED) is 0.814. The SMILES string of the molecule is N#CC(C#N)=C(C#N)Nc1ccc(Cl)c(C(=O)O)c1. The van der Waals surface area contributed by atoms with Gasteiger partial charge in [-0.2, -0.15) is 15.8 Å². The normalized spacial score (nSPS) is 8.53. The number of carboxylic acid groups (broad SMARTS) is 1. The van der Waals surface area contributed by atoms with E-state index in [9.17, 15) is 4.79 Å². The van der Waals surface area contributed by atoms with Gasteiger partial charge in [0.25, 0.3) is 0 Å². The maximum atomic E-state index is 10.9. The number of anilines is 1. The molecule has 0 aromatic heterocycles. The van der Waals surface area contributed by atoms with E-state index in [2.05, 4.69) is 5.32 Å². The van der Waals surface area contributed by atoms with E-state index in [1.165, 1.54) is 18.2 Å². The molecule has 0 aliphatic carbocycles. The van der Waals surface area contributed by atoms with Crippen molar-refractivity contribution in [3.63, 3.8) is 0 Å². The van der Waals surface area contributed by atoms with Gasteiger partial charge >= 0.3 is 5.97 Å². The van der Waals surface area contributed by atoms with Crippen LogP contribution in [0.2, 0.25) is 5.02 Å². The summed E-state index contributed by atoms with van der Waals surface area (Å²) < 4.78 is 0. The third-order valence-corrected chi connectivity index (χ3v) is 2.38. The Morgan fingerprint density at radius 1 is 1.21 bits per heavy atom. The Bertz CT molecular complexity index is 673. The van der Waals surface area contributed by atoms with Crippen LogP contribution in [0.3, 0.4) is 0 Å². The van der Waals surface area contributed by atoms with E-state index < -0.39 is 11.5 Å². The van der Waals surface area contributed by atoms with Crippen molar-refractivity contribution in [3.8, 4) is 18.2 Å². The topological polar surface area (TPSA) is 121 Å². The summed E-state index contributed by atoms with van der Waals surface area (Å²) in [5.74, 6) is -1.23. The van der Waals surface area contributed by atoms with Gasteiger partial charge in [-0.1, -0.05) is 11.6 Å². The van der Waals surface area contributed by atoms with Crippen molar-refractivity contribution in [2.75, 3.05) is 5.32 Å². The van der Waals surface area contributed by atoms with Gasteiger partial charge in [-0.3, -0.25) is 0 Å². The molecule has 1 rings (SSSR count). The molecule has 0 heterocycles. The predicted octanol–water partition coefficient (Wildman–Crippen LogP) is 2.27. The summed E-state index contributed by atoms with van der Waals surface area (Å²) in [5, 5.41) is 37.6. The van der Waals surface area contributed by atoms with E-state index >= 15 is 0 Å². The average molecular weight is 273 g/mol. The maximum absolute atomic E-state index is 10.9. The molecular weight excluding hydrogens is 268 g/mol. The lowest BCUT2D eigenvalue weighted by molar-refractivity contribution is 0.0697. The second-order valence-electron chi connectivity index (χ2n) is 3.21. The first kappa shape index (κ1) is 14.1. The highest BCUT2D eigenvalue weighted by molar-refractivity contribution is 6.33. The Labute approximate surface area is 113 Å². The molecule has 6 nitrogen and oxygen atoms in total. The molecule has 0 bridgehead atoms. The molecule has 0 unspecified atom stereocenters. The summed E-state index contributed by atoms with van der Waals surface area (Å²) in [6, 6.07) is 8.75. The Kier molecular flexibility index (Phi) is 4.49. The number of nitriles is 3. The molecule has 0 saturated carbocycles. The summed E-state index contributed by atoms with van der Waals surface area (Å²) in [7, 11) is 0. The van der Waals surface area contributed by atoms with Crippen LogP contribution >= 0.6 is 11.6 Å². The minimum Gasteiger partial charge on any atom is -0.478 e. The Morgan fingerprint density at radius 2 is 1.84 bits per heavy atom. The molecule has 0 radical (unpaired) electrons. The number of aromatic carboxylic acids is 1. The van der Waals surface area contributed by atoms with Crippen LogP contribution in [0.5, 0.6) is 0 Å². The summed E-state index contributed by atoms with van der Waals surface area (Å²) in [6.07, 6.45) is 0. The van der Waals surface area contributed by atoms with Crippen LogP contribution in [-0.4, -0.2) is 11.1 Å². The molecule has 0 spiro atoms. The van der Waals surface area contributed by atoms with Crippen molar-refractivity contribution in [3.05, 3.63) is 40.1 Å². The Morgan fingerprint density at radius 3 is 2.32 bits per heavy atom. The van der Waals surface area contributed by atoms with Crippen LogP contribution in [-0.2, 0) is 0 Å². The Balaban J connectivity index is 3.22. The minimum absolute atomic E-state index is 0.0429. The van der Waals surface area contributed by atoms with Crippen LogP contribution in [0, 0.1) is 34.0 Å². The number of halogens is 1. The van der Waals surface area contributed by atoms with Crippen LogP contribution < -0.4 is 5.32 Å². The van der Waals surface area contributed by atoms with Crippen molar-refractivity contribution in [2.45, 2.75) is 0 Å². The molecule has 92 valence electrons. The number of nitrogens with one attached hydrogen (secondary N) is 1. The van der Waals surface area contributed by atoms with Crippen molar-refractivity contribution in [1.82, 2.24) is 0 Å². The highest BCUT2D eigenvalue weighted by Crippen LogP contribution is 2.22. The van der Waals surface area contributed by atoms with Crippen molar-refractivity contribution < 1.29 is 9.90 Å². The zero-order valence-electron chi connectivity index (χ0n) is 9.31. The predicted molar refractivity (Wildman–Crippen MR) is 65.9 cm³/mol. The standard InChI is InChI=1S/C12H5ClN4O2/c13-10-2-1-8(3-9(10)12(18)19)17-11(6-16)7(4-14)5-15/h1-3,17H,(H,18,19). The number of hydrogen-bond donors (Lipinski definition) is 2. The molecule has 0 fully saturated rings. The molecule has 7 heteroatoms. The zero-order chi connectivity index (χ0) is 14.4. The number of nitrogens with zero attached hydrogens (tertiary/aromatic N) is 3. The highest BCUT2D eigenvalue weighted by atomic mass is 35.5. The molecule has 0 saturated heterocycles. The molecule has 1 aromatic rings. The van der Waals surface area contributed by atoms with Gasteiger partial charge in [-0.15, -0.1) is 0 Å². The zero-order valence-corrected chi connectivity index (χ0v) is 10.1. The molecular formula is C12H5ClN4O2. The van der Waals surface area contributed by atoms with Crippen molar-refractivity contribution in [2.24, 2.45) is 0 Å². The van der Waals surface area contributed by atoms with E-state index in [4.69, 9.17) is 32.5 Å². The van der Waals surface area contributed by atoms with Crippen molar-refractivity contribution in [1.29, 1.82) is 15.8 Å². The summed E-state index contributed by atoms with van der Waals surface area (Å²) in [6.45, 7) is 0. The van der Waals surface area contributed by atoms with Crippen LogP contribution in [0.1, 0.15) is 10.4 Å². The molecule has 0 amide bonds. The monoisotopic (exact) mass is 272 g/mol. The maximum Gasteiger partial charge on any atom is 0.337 e. The van der Waals surface area contributed by atoms with Gasteiger partial charge in [0.1, 0.15) is 23.9 Å². The number of hydrogen-bond acceptors (Lipinski definition) is 5. The molecule has 2 N–H and O–H groups in total. The number of carbonyl (C=O) groups is 1. The number of carboxylic acids is 1. The average Bonchev–Trinajstić information content (AvgIpc) is 2.40. The summed E-state index contributed by atoms with van der Waals surface area (Å²) in [4.78, 5) is 10.9. The summed E-state index contributed by atoms with van der Waals surface area (Å²) >= 11 is 5.69. The molecule has 0 aliphatic rings. The molecule has 0 aliphatic heterocycles. The van der Waals surface area contributed by atoms with E-state index in [0.29, 0.717) is 0 Å². The largest absolute Gasteiger partial charge is 0.478 e.